The molecule has 2 aliphatic heterocycles. The number of hydrogen-bond acceptors (Lipinski definition) is 5. The maximum Gasteiger partial charge on any atom is 0.225 e. The fourth-order valence-electron chi connectivity index (χ4n) is 3.83. The fraction of sp³-hybridized carbons (Fsp3) is 0.174. The summed E-state index contributed by atoms with van der Waals surface area (Å²) in [5, 5.41) is 0. The fourth-order valence-corrected chi connectivity index (χ4v) is 3.83. The van der Waals surface area contributed by atoms with E-state index in [1.807, 2.05) is 30.6 Å². The Morgan fingerprint density at radius 3 is 2.28 bits per heavy atom. The van der Waals surface area contributed by atoms with Gasteiger partial charge in [0.1, 0.15) is 0 Å². The molecule has 6 nitrogen and oxygen atoms in total. The van der Waals surface area contributed by atoms with Crippen LogP contribution in [0.4, 0.5) is 11.6 Å². The number of piperazine rings is 1. The van der Waals surface area contributed by atoms with Crippen molar-refractivity contribution in [3.05, 3.63) is 90.2 Å². The van der Waals surface area contributed by atoms with Crippen LogP contribution in [0.15, 0.2) is 83.9 Å². The number of benzene rings is 1. The summed E-state index contributed by atoms with van der Waals surface area (Å²) in [6, 6.07) is 14.7. The lowest BCUT2D eigenvalue weighted by molar-refractivity contribution is 0.640. The van der Waals surface area contributed by atoms with Crippen LogP contribution in [0.3, 0.4) is 0 Å². The van der Waals surface area contributed by atoms with Crippen molar-refractivity contribution >= 4 is 23.4 Å². The lowest BCUT2D eigenvalue weighted by Gasteiger charge is -2.36. The number of aromatic amines is 1. The van der Waals surface area contributed by atoms with Crippen molar-refractivity contribution in [1.82, 2.24) is 15.0 Å². The third-order valence-corrected chi connectivity index (χ3v) is 5.31. The Hall–Kier alpha value is -3.67. The van der Waals surface area contributed by atoms with Gasteiger partial charge in [-0.3, -0.25) is 4.99 Å². The molecular weight excluding hydrogens is 360 g/mol. The van der Waals surface area contributed by atoms with E-state index in [2.05, 4.69) is 66.2 Å². The Kier molecular flexibility index (Phi) is 4.66. The first-order valence-corrected chi connectivity index (χ1v) is 9.84. The molecule has 2 aromatic heterocycles. The largest absolute Gasteiger partial charge is 0.368 e. The topological polar surface area (TPSA) is 60.4 Å². The van der Waals surface area contributed by atoms with Crippen molar-refractivity contribution in [2.45, 2.75) is 0 Å². The first-order valence-electron chi connectivity index (χ1n) is 9.84. The van der Waals surface area contributed by atoms with Gasteiger partial charge in [-0.25, -0.2) is 9.97 Å². The van der Waals surface area contributed by atoms with Crippen molar-refractivity contribution in [3.63, 3.8) is 0 Å². The molecule has 2 aliphatic rings. The quantitative estimate of drug-likeness (QED) is 0.750. The van der Waals surface area contributed by atoms with Crippen LogP contribution in [0.1, 0.15) is 11.3 Å². The number of nitrogens with one attached hydrogen (secondary N) is 1. The smallest absolute Gasteiger partial charge is 0.225 e. The van der Waals surface area contributed by atoms with Gasteiger partial charge in [0, 0.05) is 67.9 Å². The molecule has 1 aromatic carbocycles. The van der Waals surface area contributed by atoms with Crippen LogP contribution in [0.2, 0.25) is 0 Å². The standard InChI is InChI=1S/C23H22N6/c1-4-20(24-10-1)22(21-5-2-11-25-21)18-6-8-19(9-7-18)28-14-16-29(17-15-28)23-26-12-3-13-27-23/h1-13,24H,14-17H2/b22-21+. The summed E-state index contributed by atoms with van der Waals surface area (Å²) in [5.41, 5.74) is 5.58. The highest BCUT2D eigenvalue weighted by molar-refractivity contribution is 5.88. The number of rotatable bonds is 4. The van der Waals surface area contributed by atoms with E-state index in [9.17, 15) is 0 Å². The van der Waals surface area contributed by atoms with Gasteiger partial charge in [-0.2, -0.15) is 0 Å². The molecule has 1 N–H and O–H groups in total. The van der Waals surface area contributed by atoms with Crippen molar-refractivity contribution in [2.24, 2.45) is 4.99 Å². The van der Waals surface area contributed by atoms with E-state index < -0.39 is 0 Å². The second-order valence-corrected chi connectivity index (χ2v) is 7.05. The summed E-state index contributed by atoms with van der Waals surface area (Å²) in [7, 11) is 0. The molecule has 29 heavy (non-hydrogen) atoms. The molecular formula is C23H22N6. The number of H-pyrrole nitrogens is 1. The zero-order valence-electron chi connectivity index (χ0n) is 16.1. The molecule has 4 heterocycles. The van der Waals surface area contributed by atoms with Crippen LogP contribution in [-0.4, -0.2) is 47.3 Å². The number of anilines is 2. The predicted molar refractivity (Wildman–Crippen MR) is 117 cm³/mol. The summed E-state index contributed by atoms with van der Waals surface area (Å²) in [4.78, 5) is 21.2. The van der Waals surface area contributed by atoms with Crippen LogP contribution in [0.25, 0.3) is 5.57 Å². The van der Waals surface area contributed by atoms with Gasteiger partial charge in [0.05, 0.1) is 5.70 Å². The van der Waals surface area contributed by atoms with Gasteiger partial charge in [0.2, 0.25) is 5.95 Å². The first-order chi connectivity index (χ1) is 14.4. The minimum absolute atomic E-state index is 0.815. The van der Waals surface area contributed by atoms with Crippen molar-refractivity contribution in [3.8, 4) is 0 Å². The number of allylic oxidation sites excluding steroid dienone is 2. The average molecular weight is 382 g/mol. The Morgan fingerprint density at radius 2 is 1.62 bits per heavy atom. The SMILES string of the molecule is C1=C/C(=C(/c2ccc(N3CCN(c4ncccn4)CC3)cc2)c2ccc[nH]2)N=C1. The van der Waals surface area contributed by atoms with E-state index in [1.54, 1.807) is 12.4 Å². The molecule has 0 bridgehead atoms. The molecule has 1 fully saturated rings. The van der Waals surface area contributed by atoms with E-state index in [0.29, 0.717) is 0 Å². The normalized spacial score (nSPS) is 17.8. The lowest BCUT2D eigenvalue weighted by Crippen LogP contribution is -2.47. The monoisotopic (exact) mass is 382 g/mol. The van der Waals surface area contributed by atoms with Gasteiger partial charge in [0.15, 0.2) is 0 Å². The van der Waals surface area contributed by atoms with Gasteiger partial charge in [-0.15, -0.1) is 0 Å². The van der Waals surface area contributed by atoms with E-state index in [1.165, 1.54) is 5.69 Å². The Balaban J connectivity index is 1.34. The molecule has 0 atom stereocenters. The van der Waals surface area contributed by atoms with Crippen LogP contribution >= 0.6 is 0 Å². The molecule has 0 unspecified atom stereocenters. The minimum atomic E-state index is 0.815. The second kappa shape index (κ2) is 7.75. The van der Waals surface area contributed by atoms with Gasteiger partial charge in [0.25, 0.3) is 0 Å². The van der Waals surface area contributed by atoms with Crippen LogP contribution in [-0.2, 0) is 0 Å². The number of aromatic nitrogens is 3. The molecule has 0 radical (unpaired) electrons. The molecule has 5 rings (SSSR count). The highest BCUT2D eigenvalue weighted by atomic mass is 15.3. The van der Waals surface area contributed by atoms with Gasteiger partial charge in [-0.05, 0) is 48.0 Å². The lowest BCUT2D eigenvalue weighted by atomic mass is 10.00. The molecule has 0 saturated carbocycles. The first kappa shape index (κ1) is 17.4. The van der Waals surface area contributed by atoms with E-state index in [4.69, 9.17) is 0 Å². The van der Waals surface area contributed by atoms with Crippen molar-refractivity contribution < 1.29 is 0 Å². The average Bonchev–Trinajstić information content (AvgIpc) is 3.51. The van der Waals surface area contributed by atoms with Crippen LogP contribution < -0.4 is 9.80 Å². The molecule has 0 spiro atoms. The molecule has 144 valence electrons. The third kappa shape index (κ3) is 3.57. The molecule has 0 aliphatic carbocycles. The highest BCUT2D eigenvalue weighted by Gasteiger charge is 2.19. The maximum atomic E-state index is 4.51. The molecule has 1 saturated heterocycles. The summed E-state index contributed by atoms with van der Waals surface area (Å²) in [6.45, 7) is 3.75. The van der Waals surface area contributed by atoms with Gasteiger partial charge >= 0.3 is 0 Å². The Labute approximate surface area is 170 Å². The summed E-state index contributed by atoms with van der Waals surface area (Å²) in [5.74, 6) is 0.815. The molecule has 0 amide bonds. The zero-order chi connectivity index (χ0) is 19.5. The van der Waals surface area contributed by atoms with E-state index in [0.717, 1.165) is 54.7 Å². The van der Waals surface area contributed by atoms with Gasteiger partial charge in [-0.1, -0.05) is 12.1 Å². The van der Waals surface area contributed by atoms with E-state index in [-0.39, 0.29) is 0 Å². The third-order valence-electron chi connectivity index (χ3n) is 5.31. The highest BCUT2D eigenvalue weighted by Crippen LogP contribution is 2.30. The second-order valence-electron chi connectivity index (χ2n) is 7.05. The Morgan fingerprint density at radius 1 is 0.862 bits per heavy atom. The van der Waals surface area contributed by atoms with Crippen LogP contribution in [0.5, 0.6) is 0 Å². The molecule has 3 aromatic rings. The summed E-state index contributed by atoms with van der Waals surface area (Å²) in [6.07, 6.45) is 11.4. The van der Waals surface area contributed by atoms with Crippen molar-refractivity contribution in [1.29, 1.82) is 0 Å². The molecule has 6 heteroatoms. The number of aliphatic imine (C=N–C) groups is 1. The van der Waals surface area contributed by atoms with Crippen LogP contribution in [0, 0.1) is 0 Å². The van der Waals surface area contributed by atoms with Crippen molar-refractivity contribution in [2.75, 3.05) is 36.0 Å². The minimum Gasteiger partial charge on any atom is -0.368 e. The van der Waals surface area contributed by atoms with Gasteiger partial charge < -0.3 is 14.8 Å². The predicted octanol–water partition coefficient (Wildman–Crippen LogP) is 3.53. The zero-order valence-corrected chi connectivity index (χ0v) is 16.1. The number of nitrogens with zero attached hydrogens (tertiary/aromatic N) is 5. The Bertz CT molecular complexity index is 1030. The summed E-state index contributed by atoms with van der Waals surface area (Å²) < 4.78 is 0. The summed E-state index contributed by atoms with van der Waals surface area (Å²) >= 11 is 0. The van der Waals surface area contributed by atoms with E-state index >= 15 is 0 Å². The maximum absolute atomic E-state index is 4.51. The number of hydrogen-bond donors (Lipinski definition) is 1.